The lowest BCUT2D eigenvalue weighted by molar-refractivity contribution is -0.120. The Bertz CT molecular complexity index is 678. The molecule has 0 saturated heterocycles. The fraction of sp³-hybridized carbons (Fsp3) is 0.550. The third-order valence-electron chi connectivity index (χ3n) is 7.46. The predicted molar refractivity (Wildman–Crippen MR) is 85.8 cm³/mol. The van der Waals surface area contributed by atoms with Crippen molar-refractivity contribution in [2.75, 3.05) is 0 Å². The number of ketones is 1. The van der Waals surface area contributed by atoms with Gasteiger partial charge >= 0.3 is 0 Å². The summed E-state index contributed by atoms with van der Waals surface area (Å²) >= 11 is 0. The van der Waals surface area contributed by atoms with Crippen molar-refractivity contribution in [2.24, 2.45) is 28.1 Å². The highest BCUT2D eigenvalue weighted by molar-refractivity contribution is 6.11. The highest BCUT2D eigenvalue weighted by Crippen LogP contribution is 2.93. The molecule has 110 valence electrons. The molecule has 1 nitrogen and oxygen atoms in total. The Morgan fingerprint density at radius 1 is 1.14 bits per heavy atom. The lowest BCUT2D eigenvalue weighted by atomic mass is 9.58. The second kappa shape index (κ2) is 3.51. The maximum Gasteiger partial charge on any atom is 0.166 e. The summed E-state index contributed by atoms with van der Waals surface area (Å²) in [7, 11) is 0. The molecular formula is C20H24O. The van der Waals surface area contributed by atoms with Gasteiger partial charge in [0, 0.05) is 11.0 Å². The Hall–Kier alpha value is -1.37. The zero-order chi connectivity index (χ0) is 15.2. The van der Waals surface area contributed by atoms with Crippen molar-refractivity contribution < 1.29 is 4.79 Å². The van der Waals surface area contributed by atoms with Crippen molar-refractivity contribution >= 4 is 11.9 Å². The van der Waals surface area contributed by atoms with Gasteiger partial charge in [0.25, 0.3) is 0 Å². The number of carbonyl (C=O) groups is 1. The van der Waals surface area contributed by atoms with Crippen LogP contribution in [0.2, 0.25) is 0 Å². The first-order chi connectivity index (χ1) is 9.78. The van der Waals surface area contributed by atoms with E-state index in [1.807, 2.05) is 0 Å². The Balaban J connectivity index is 1.79. The van der Waals surface area contributed by atoms with E-state index >= 15 is 0 Å². The molecule has 0 aromatic heterocycles. The maximum atomic E-state index is 13.1. The smallest absolute Gasteiger partial charge is 0.166 e. The van der Waals surface area contributed by atoms with E-state index < -0.39 is 0 Å². The summed E-state index contributed by atoms with van der Waals surface area (Å²) in [6.45, 7) is 11.3. The van der Waals surface area contributed by atoms with Crippen LogP contribution >= 0.6 is 0 Å². The normalized spacial score (nSPS) is 44.2. The van der Waals surface area contributed by atoms with Crippen LogP contribution in [0.1, 0.15) is 45.2 Å². The predicted octanol–water partition coefficient (Wildman–Crippen LogP) is 4.65. The maximum absolute atomic E-state index is 13.1. The van der Waals surface area contributed by atoms with Crippen molar-refractivity contribution in [2.45, 2.75) is 41.0 Å². The van der Waals surface area contributed by atoms with Gasteiger partial charge in [0.2, 0.25) is 0 Å². The number of Topliss-reactive ketones (excluding diaryl/α,β-unsaturated/α-hetero) is 1. The van der Waals surface area contributed by atoms with Gasteiger partial charge < -0.3 is 0 Å². The van der Waals surface area contributed by atoms with Crippen LogP contribution in [0.5, 0.6) is 0 Å². The summed E-state index contributed by atoms with van der Waals surface area (Å²) in [5.74, 6) is 1.58. The molecule has 3 aliphatic carbocycles. The van der Waals surface area contributed by atoms with Gasteiger partial charge in [-0.2, -0.15) is 0 Å². The minimum absolute atomic E-state index is 0.126. The molecule has 3 fully saturated rings. The number of hydrogen-bond donors (Lipinski definition) is 0. The van der Waals surface area contributed by atoms with Crippen LogP contribution in [0.25, 0.3) is 6.08 Å². The highest BCUT2D eigenvalue weighted by atomic mass is 16.1. The Morgan fingerprint density at radius 3 is 2.29 bits per heavy atom. The summed E-state index contributed by atoms with van der Waals surface area (Å²) in [6.07, 6.45) is 3.34. The minimum Gasteiger partial charge on any atom is -0.294 e. The van der Waals surface area contributed by atoms with Gasteiger partial charge in [0.15, 0.2) is 5.78 Å². The number of rotatable bonds is 1. The second-order valence-electron chi connectivity index (χ2n) is 8.15. The third-order valence-corrected chi connectivity index (χ3v) is 7.46. The Kier molecular flexibility index (Phi) is 2.22. The molecule has 0 bridgehead atoms. The lowest BCUT2D eigenvalue weighted by Crippen LogP contribution is -2.40. The lowest BCUT2D eigenvalue weighted by Gasteiger charge is -2.45. The van der Waals surface area contributed by atoms with Crippen molar-refractivity contribution in [3.8, 4) is 0 Å². The van der Waals surface area contributed by atoms with Crippen molar-refractivity contribution in [1.82, 2.24) is 0 Å². The first-order valence-corrected chi connectivity index (χ1v) is 8.11. The summed E-state index contributed by atoms with van der Waals surface area (Å²) < 4.78 is 0. The molecule has 1 aromatic carbocycles. The first kappa shape index (κ1) is 13.3. The fourth-order valence-electron chi connectivity index (χ4n) is 6.27. The summed E-state index contributed by atoms with van der Waals surface area (Å²) in [5, 5.41) is 0. The van der Waals surface area contributed by atoms with Gasteiger partial charge in [0.05, 0.1) is 0 Å². The topological polar surface area (TPSA) is 17.1 Å². The first-order valence-electron chi connectivity index (χ1n) is 8.11. The molecule has 4 rings (SSSR count). The SMILES string of the molecule is Cc1ccc(/C=C2\C(=O)C3(C)C(C)(C)C34C(C)CC24)cc1. The quantitative estimate of drug-likeness (QED) is 0.684. The number of carbonyl (C=O) groups excluding carboxylic acids is 1. The van der Waals surface area contributed by atoms with Gasteiger partial charge in [-0.25, -0.2) is 0 Å². The Morgan fingerprint density at radius 2 is 1.76 bits per heavy atom. The Labute approximate surface area is 127 Å². The van der Waals surface area contributed by atoms with Gasteiger partial charge in [-0.1, -0.05) is 57.5 Å². The molecule has 0 aliphatic heterocycles. The molecule has 1 aromatic rings. The standard InChI is InChI=1S/C20H24O/c1-12-6-8-14(9-7-12)11-15-16-10-13(2)20(16)18(3,4)19(20,5)17(15)21/h6-9,11,13,16H,10H2,1-5H3/b15-11-. The molecule has 4 atom stereocenters. The molecule has 3 aliphatic rings. The summed E-state index contributed by atoms with van der Waals surface area (Å²) in [6, 6.07) is 8.50. The van der Waals surface area contributed by atoms with Crippen molar-refractivity contribution in [1.29, 1.82) is 0 Å². The molecule has 0 amide bonds. The molecule has 0 N–H and O–H groups in total. The van der Waals surface area contributed by atoms with Crippen LogP contribution in [-0.2, 0) is 4.79 Å². The van der Waals surface area contributed by atoms with E-state index in [1.165, 1.54) is 17.5 Å². The monoisotopic (exact) mass is 280 g/mol. The minimum atomic E-state index is -0.126. The van der Waals surface area contributed by atoms with Gasteiger partial charge in [0.1, 0.15) is 0 Å². The van der Waals surface area contributed by atoms with Crippen LogP contribution in [0.3, 0.4) is 0 Å². The van der Waals surface area contributed by atoms with Crippen molar-refractivity contribution in [3.63, 3.8) is 0 Å². The molecule has 3 saturated carbocycles. The highest BCUT2D eigenvalue weighted by Gasteiger charge is 2.93. The van der Waals surface area contributed by atoms with Gasteiger partial charge in [-0.3, -0.25) is 4.79 Å². The summed E-state index contributed by atoms with van der Waals surface area (Å²) in [5.41, 5.74) is 3.82. The van der Waals surface area contributed by atoms with Crippen LogP contribution in [0.15, 0.2) is 29.8 Å². The van der Waals surface area contributed by atoms with E-state index in [-0.39, 0.29) is 16.2 Å². The molecule has 1 spiro atoms. The zero-order valence-corrected chi connectivity index (χ0v) is 13.7. The van der Waals surface area contributed by atoms with Crippen LogP contribution in [-0.4, -0.2) is 5.78 Å². The zero-order valence-electron chi connectivity index (χ0n) is 13.7. The second-order valence-corrected chi connectivity index (χ2v) is 8.15. The molecular weight excluding hydrogens is 256 g/mol. The van der Waals surface area contributed by atoms with Crippen molar-refractivity contribution in [3.05, 3.63) is 41.0 Å². The largest absolute Gasteiger partial charge is 0.294 e. The van der Waals surface area contributed by atoms with E-state index in [0.717, 1.165) is 5.57 Å². The molecule has 0 heterocycles. The number of aryl methyl sites for hydroxylation is 1. The van der Waals surface area contributed by atoms with E-state index in [0.29, 0.717) is 17.6 Å². The molecule has 4 unspecified atom stereocenters. The van der Waals surface area contributed by atoms with Gasteiger partial charge in [-0.15, -0.1) is 0 Å². The van der Waals surface area contributed by atoms with Crippen LogP contribution < -0.4 is 0 Å². The van der Waals surface area contributed by atoms with E-state index in [9.17, 15) is 4.79 Å². The average Bonchev–Trinajstić information content (AvgIpc) is 2.80. The fourth-order valence-corrected chi connectivity index (χ4v) is 6.27. The van der Waals surface area contributed by atoms with Crippen LogP contribution in [0.4, 0.5) is 0 Å². The molecule has 21 heavy (non-hydrogen) atoms. The number of hydrogen-bond acceptors (Lipinski definition) is 1. The average molecular weight is 280 g/mol. The molecule has 0 radical (unpaired) electrons. The van der Waals surface area contributed by atoms with E-state index in [1.54, 1.807) is 0 Å². The van der Waals surface area contributed by atoms with E-state index in [4.69, 9.17) is 0 Å². The summed E-state index contributed by atoms with van der Waals surface area (Å²) in [4.78, 5) is 13.1. The van der Waals surface area contributed by atoms with E-state index in [2.05, 4.69) is 65.0 Å². The van der Waals surface area contributed by atoms with Gasteiger partial charge in [-0.05, 0) is 47.6 Å². The third kappa shape index (κ3) is 1.13. The number of benzene rings is 1. The molecule has 1 heteroatoms. The number of allylic oxidation sites excluding steroid dienone is 1. The van der Waals surface area contributed by atoms with Crippen LogP contribution in [0, 0.1) is 35.0 Å².